The van der Waals surface area contributed by atoms with Gasteiger partial charge in [0.2, 0.25) is 10.0 Å². The number of hydrogen-bond acceptors (Lipinski definition) is 6. The number of carboxylic acid groups (broad SMARTS) is 1. The van der Waals surface area contributed by atoms with Gasteiger partial charge in [-0.2, -0.15) is 0 Å². The van der Waals surface area contributed by atoms with Crippen LogP contribution in [0.2, 0.25) is 0 Å². The lowest BCUT2D eigenvalue weighted by atomic mass is 9.87. The molecule has 0 unspecified atom stereocenters. The van der Waals surface area contributed by atoms with Gasteiger partial charge in [-0.15, -0.1) is 0 Å². The summed E-state index contributed by atoms with van der Waals surface area (Å²) in [6.07, 6.45) is 2.08. The lowest BCUT2D eigenvalue weighted by Gasteiger charge is -2.27. The smallest absolute Gasteiger partial charge is 0.341 e. The summed E-state index contributed by atoms with van der Waals surface area (Å²) in [6, 6.07) is 17.0. The number of benzene rings is 3. The average Bonchev–Trinajstić information content (AvgIpc) is 2.87. The number of para-hydroxylation sites is 1. The van der Waals surface area contributed by atoms with E-state index in [2.05, 4.69) is 4.72 Å². The average molecular weight is 498 g/mol. The second kappa shape index (κ2) is 10.4. The summed E-state index contributed by atoms with van der Waals surface area (Å²) in [5.41, 5.74) is 3.23. The molecule has 0 spiro atoms. The molecule has 8 nitrogen and oxygen atoms in total. The van der Waals surface area contributed by atoms with Gasteiger partial charge in [0.05, 0.1) is 19.1 Å². The first-order valence-corrected chi connectivity index (χ1v) is 12.6. The van der Waals surface area contributed by atoms with Crippen LogP contribution < -0.4 is 18.9 Å². The zero-order valence-corrected chi connectivity index (χ0v) is 20.3. The Bertz CT molecular complexity index is 1320. The fourth-order valence-corrected chi connectivity index (χ4v) is 5.65. The second-order valence-electron chi connectivity index (χ2n) is 8.14. The number of methoxy groups -OCH3 is 2. The maximum Gasteiger partial charge on any atom is 0.341 e. The van der Waals surface area contributed by atoms with Crippen molar-refractivity contribution in [2.75, 3.05) is 20.8 Å². The molecule has 184 valence electrons. The Balaban J connectivity index is 1.58. The van der Waals surface area contributed by atoms with Crippen molar-refractivity contribution < 1.29 is 32.5 Å². The van der Waals surface area contributed by atoms with Gasteiger partial charge in [-0.25, -0.2) is 17.9 Å². The molecule has 0 amide bonds. The molecule has 0 saturated heterocycles. The zero-order chi connectivity index (χ0) is 25.0. The van der Waals surface area contributed by atoms with Crippen LogP contribution in [0.15, 0.2) is 65.6 Å². The van der Waals surface area contributed by atoms with Crippen LogP contribution in [0.1, 0.15) is 30.0 Å². The van der Waals surface area contributed by atoms with Gasteiger partial charge in [0.25, 0.3) is 0 Å². The number of carbonyl (C=O) groups is 1. The molecule has 0 radical (unpaired) electrons. The summed E-state index contributed by atoms with van der Waals surface area (Å²) in [5.74, 6) is 0.575. The van der Waals surface area contributed by atoms with Crippen LogP contribution >= 0.6 is 0 Å². The SMILES string of the molecule is COc1cccc(-c2ccc(S(=O)(=O)N[C@@H]3CCCc4c(OCC(=O)O)cccc43)cc2)c1OC. The molecule has 3 aromatic carbocycles. The lowest BCUT2D eigenvalue weighted by molar-refractivity contribution is -0.139. The van der Waals surface area contributed by atoms with E-state index < -0.39 is 28.6 Å². The molecule has 35 heavy (non-hydrogen) atoms. The molecule has 3 aromatic rings. The van der Waals surface area contributed by atoms with E-state index in [1.165, 1.54) is 0 Å². The van der Waals surface area contributed by atoms with Crippen molar-refractivity contribution in [1.82, 2.24) is 4.72 Å². The van der Waals surface area contributed by atoms with Gasteiger partial charge in [-0.3, -0.25) is 0 Å². The third-order valence-corrected chi connectivity index (χ3v) is 7.48. The summed E-state index contributed by atoms with van der Waals surface area (Å²) in [6.45, 7) is -0.447. The molecule has 2 N–H and O–H groups in total. The highest BCUT2D eigenvalue weighted by atomic mass is 32.2. The third-order valence-electron chi connectivity index (χ3n) is 5.99. The van der Waals surface area contributed by atoms with E-state index in [0.29, 0.717) is 30.1 Å². The highest BCUT2D eigenvalue weighted by Crippen LogP contribution is 2.39. The highest BCUT2D eigenvalue weighted by Gasteiger charge is 2.28. The molecule has 0 aromatic heterocycles. The van der Waals surface area contributed by atoms with Crippen molar-refractivity contribution in [1.29, 1.82) is 0 Å². The topological polar surface area (TPSA) is 111 Å². The highest BCUT2D eigenvalue weighted by molar-refractivity contribution is 7.89. The van der Waals surface area contributed by atoms with Crippen LogP contribution in [0, 0.1) is 0 Å². The Hall–Kier alpha value is -3.56. The van der Waals surface area contributed by atoms with E-state index in [1.54, 1.807) is 56.7 Å². The largest absolute Gasteiger partial charge is 0.493 e. The van der Waals surface area contributed by atoms with Gasteiger partial charge in [-0.05, 0) is 60.2 Å². The van der Waals surface area contributed by atoms with Gasteiger partial charge in [0.15, 0.2) is 18.1 Å². The van der Waals surface area contributed by atoms with Crippen LogP contribution in [-0.2, 0) is 21.2 Å². The Morgan fingerprint density at radius 3 is 2.40 bits per heavy atom. The van der Waals surface area contributed by atoms with Gasteiger partial charge in [0, 0.05) is 11.6 Å². The predicted molar refractivity (Wildman–Crippen MR) is 131 cm³/mol. The van der Waals surface area contributed by atoms with E-state index in [-0.39, 0.29) is 4.90 Å². The number of hydrogen-bond donors (Lipinski definition) is 2. The van der Waals surface area contributed by atoms with Crippen LogP contribution in [-0.4, -0.2) is 40.3 Å². The molecular formula is C26H27NO7S. The first-order chi connectivity index (χ1) is 16.8. The number of ether oxygens (including phenoxy) is 3. The van der Waals surface area contributed by atoms with Crippen LogP contribution in [0.4, 0.5) is 0 Å². The first-order valence-electron chi connectivity index (χ1n) is 11.1. The van der Waals surface area contributed by atoms with Crippen LogP contribution in [0.5, 0.6) is 17.2 Å². The Kier molecular flexibility index (Phi) is 7.28. The fraction of sp³-hybridized carbons (Fsp3) is 0.269. The molecule has 1 aliphatic carbocycles. The van der Waals surface area contributed by atoms with E-state index in [0.717, 1.165) is 28.7 Å². The second-order valence-corrected chi connectivity index (χ2v) is 9.85. The molecule has 0 saturated carbocycles. The van der Waals surface area contributed by atoms with Gasteiger partial charge >= 0.3 is 5.97 Å². The molecule has 0 fully saturated rings. The Labute approximate surface area is 204 Å². The predicted octanol–water partition coefficient (Wildman–Crippen LogP) is 4.19. The van der Waals surface area contributed by atoms with Crippen molar-refractivity contribution in [2.45, 2.75) is 30.2 Å². The zero-order valence-electron chi connectivity index (χ0n) is 19.5. The molecule has 9 heteroatoms. The quantitative estimate of drug-likeness (QED) is 0.456. The van der Waals surface area contributed by atoms with Crippen molar-refractivity contribution in [3.8, 4) is 28.4 Å². The maximum atomic E-state index is 13.2. The van der Waals surface area contributed by atoms with E-state index in [4.69, 9.17) is 19.3 Å². The molecular weight excluding hydrogens is 470 g/mol. The number of aliphatic carboxylic acids is 1. The maximum absolute atomic E-state index is 13.2. The Morgan fingerprint density at radius 1 is 1.00 bits per heavy atom. The van der Waals surface area contributed by atoms with Gasteiger partial charge in [-0.1, -0.05) is 36.4 Å². The standard InChI is InChI=1S/C26H27NO7S/c1-32-24-11-4-6-19(26(24)33-2)17-12-14-18(15-13-17)35(30,31)27-22-9-3-8-21-20(22)7-5-10-23(21)34-16-25(28)29/h4-7,10-15,22,27H,3,8-9,16H2,1-2H3,(H,28,29)/t22-/m1/s1. The molecule has 0 heterocycles. The number of nitrogens with one attached hydrogen (secondary N) is 1. The van der Waals surface area contributed by atoms with E-state index in [1.807, 2.05) is 18.2 Å². The summed E-state index contributed by atoms with van der Waals surface area (Å²) < 4.78 is 45.5. The summed E-state index contributed by atoms with van der Waals surface area (Å²) >= 11 is 0. The minimum Gasteiger partial charge on any atom is -0.493 e. The lowest BCUT2D eigenvalue weighted by Crippen LogP contribution is -2.31. The monoisotopic (exact) mass is 497 g/mol. The number of fused-ring (bicyclic) bond motifs is 1. The summed E-state index contributed by atoms with van der Waals surface area (Å²) in [7, 11) is -0.687. The third kappa shape index (κ3) is 5.26. The van der Waals surface area contributed by atoms with Crippen molar-refractivity contribution in [3.63, 3.8) is 0 Å². The van der Waals surface area contributed by atoms with Crippen molar-refractivity contribution >= 4 is 16.0 Å². The van der Waals surface area contributed by atoms with Crippen molar-refractivity contribution in [3.05, 3.63) is 71.8 Å². The summed E-state index contributed by atoms with van der Waals surface area (Å²) in [5, 5.41) is 8.93. The fourth-order valence-electron chi connectivity index (χ4n) is 4.40. The number of carboxylic acids is 1. The molecule has 4 rings (SSSR count). The normalized spacial score (nSPS) is 15.2. The minimum absolute atomic E-state index is 0.147. The van der Waals surface area contributed by atoms with E-state index in [9.17, 15) is 13.2 Å². The molecule has 1 aliphatic rings. The van der Waals surface area contributed by atoms with Gasteiger partial charge in [0.1, 0.15) is 5.75 Å². The number of rotatable bonds is 9. The van der Waals surface area contributed by atoms with Crippen LogP contribution in [0.25, 0.3) is 11.1 Å². The molecule has 0 aliphatic heterocycles. The van der Waals surface area contributed by atoms with Gasteiger partial charge < -0.3 is 19.3 Å². The molecule has 0 bridgehead atoms. The first kappa shape index (κ1) is 24.6. The number of sulfonamides is 1. The minimum atomic E-state index is -3.81. The Morgan fingerprint density at radius 2 is 1.71 bits per heavy atom. The molecule has 1 atom stereocenters. The summed E-state index contributed by atoms with van der Waals surface area (Å²) in [4.78, 5) is 11.0. The van der Waals surface area contributed by atoms with Crippen molar-refractivity contribution in [2.24, 2.45) is 0 Å². The van der Waals surface area contributed by atoms with Crippen LogP contribution in [0.3, 0.4) is 0 Å². The van der Waals surface area contributed by atoms with E-state index >= 15 is 0 Å².